The monoisotopic (exact) mass is 251 g/mol. The van der Waals surface area contributed by atoms with Crippen molar-refractivity contribution in [1.29, 1.82) is 0 Å². The average Bonchev–Trinajstić information content (AvgIpc) is 2.69. The topological polar surface area (TPSA) is 46.9 Å². The van der Waals surface area contributed by atoms with E-state index in [2.05, 4.69) is 10.3 Å². The minimum absolute atomic E-state index is 0.194. The van der Waals surface area contributed by atoms with Crippen LogP contribution in [0.15, 0.2) is 24.4 Å². The molecule has 0 radical (unpaired) electrons. The van der Waals surface area contributed by atoms with Crippen LogP contribution in [0, 0.1) is 18.6 Å². The van der Waals surface area contributed by atoms with Gasteiger partial charge in [-0.15, -0.1) is 0 Å². The maximum Gasteiger partial charge on any atom is 0.271 e. The molecule has 1 aromatic heterocycles. The van der Waals surface area contributed by atoms with Crippen molar-refractivity contribution in [3.8, 4) is 5.69 Å². The largest absolute Gasteiger partial charge is 0.354 e. The van der Waals surface area contributed by atoms with E-state index in [1.54, 1.807) is 6.92 Å². The molecular formula is C12H11F2N3O. The third kappa shape index (κ3) is 2.22. The lowest BCUT2D eigenvalue weighted by atomic mass is 10.3. The van der Waals surface area contributed by atoms with Crippen molar-refractivity contribution < 1.29 is 13.6 Å². The lowest BCUT2D eigenvalue weighted by Gasteiger charge is -2.04. The summed E-state index contributed by atoms with van der Waals surface area (Å²) in [6, 6.07) is 3.13. The predicted octanol–water partition coefficient (Wildman–Crippen LogP) is 1.82. The Bertz CT molecular complexity index is 587. The molecule has 0 atom stereocenters. The summed E-state index contributed by atoms with van der Waals surface area (Å²) < 4.78 is 27.7. The van der Waals surface area contributed by atoms with E-state index in [0.29, 0.717) is 5.82 Å². The summed E-state index contributed by atoms with van der Waals surface area (Å²) in [6.45, 7) is 1.65. The van der Waals surface area contributed by atoms with Crippen molar-refractivity contribution in [2.24, 2.45) is 0 Å². The minimum Gasteiger partial charge on any atom is -0.354 e. The zero-order valence-electron chi connectivity index (χ0n) is 9.87. The van der Waals surface area contributed by atoms with Gasteiger partial charge in [-0.1, -0.05) is 0 Å². The van der Waals surface area contributed by atoms with Crippen molar-refractivity contribution in [3.63, 3.8) is 0 Å². The van der Waals surface area contributed by atoms with Crippen molar-refractivity contribution >= 4 is 5.91 Å². The highest BCUT2D eigenvalue weighted by atomic mass is 19.1. The number of nitrogens with zero attached hydrogens (tertiary/aromatic N) is 2. The van der Waals surface area contributed by atoms with Crippen LogP contribution in [0.5, 0.6) is 0 Å². The number of benzene rings is 1. The molecule has 0 bridgehead atoms. The zero-order valence-corrected chi connectivity index (χ0v) is 9.87. The number of rotatable bonds is 2. The Morgan fingerprint density at radius 3 is 2.44 bits per heavy atom. The van der Waals surface area contributed by atoms with Crippen molar-refractivity contribution in [2.45, 2.75) is 6.92 Å². The second-order valence-electron chi connectivity index (χ2n) is 3.75. The van der Waals surface area contributed by atoms with E-state index >= 15 is 0 Å². The number of hydrogen-bond donors (Lipinski definition) is 1. The predicted molar refractivity (Wildman–Crippen MR) is 61.6 cm³/mol. The highest BCUT2D eigenvalue weighted by Gasteiger charge is 2.12. The molecule has 0 aliphatic heterocycles. The molecule has 0 spiro atoms. The van der Waals surface area contributed by atoms with Gasteiger partial charge in [-0.3, -0.25) is 4.79 Å². The van der Waals surface area contributed by atoms with Crippen LogP contribution in [-0.4, -0.2) is 22.5 Å². The number of aryl methyl sites for hydroxylation is 1. The molecule has 1 aromatic carbocycles. The van der Waals surface area contributed by atoms with E-state index in [4.69, 9.17) is 0 Å². The van der Waals surface area contributed by atoms with Gasteiger partial charge in [0.25, 0.3) is 5.91 Å². The number of aromatic nitrogens is 2. The number of carbonyl (C=O) groups excluding carboxylic acids is 1. The van der Waals surface area contributed by atoms with Crippen molar-refractivity contribution in [2.75, 3.05) is 7.05 Å². The first-order valence-electron chi connectivity index (χ1n) is 5.26. The number of imidazole rings is 1. The molecule has 0 saturated carbocycles. The summed E-state index contributed by atoms with van der Waals surface area (Å²) in [4.78, 5) is 15.4. The molecule has 0 aliphatic rings. The summed E-state index contributed by atoms with van der Waals surface area (Å²) >= 11 is 0. The van der Waals surface area contributed by atoms with Crippen LogP contribution < -0.4 is 5.32 Å². The quantitative estimate of drug-likeness (QED) is 0.885. The Labute approximate surface area is 102 Å². The standard InChI is InChI=1S/C12H11F2N3O/c1-7-16-11(12(18)15-2)6-17(7)10-4-8(13)3-9(14)5-10/h3-6H,1-2H3,(H,15,18). The summed E-state index contributed by atoms with van der Waals surface area (Å²) in [6.07, 6.45) is 1.43. The Hall–Kier alpha value is -2.24. The van der Waals surface area contributed by atoms with Crippen LogP contribution >= 0.6 is 0 Å². The molecule has 18 heavy (non-hydrogen) atoms. The summed E-state index contributed by atoms with van der Waals surface area (Å²) in [7, 11) is 1.48. The Kier molecular flexibility index (Phi) is 3.10. The Morgan fingerprint density at radius 1 is 1.28 bits per heavy atom. The van der Waals surface area contributed by atoms with E-state index in [0.717, 1.165) is 6.07 Å². The molecule has 0 saturated heterocycles. The van der Waals surface area contributed by atoms with Gasteiger partial charge in [0.1, 0.15) is 23.2 Å². The number of halogens is 2. The maximum atomic E-state index is 13.1. The molecule has 0 aliphatic carbocycles. The molecule has 2 aromatic rings. The number of amides is 1. The van der Waals surface area contributed by atoms with Gasteiger partial charge in [0, 0.05) is 19.3 Å². The van der Waals surface area contributed by atoms with Crippen molar-refractivity contribution in [1.82, 2.24) is 14.9 Å². The van der Waals surface area contributed by atoms with Crippen molar-refractivity contribution in [3.05, 3.63) is 47.5 Å². The van der Waals surface area contributed by atoms with Gasteiger partial charge in [-0.05, 0) is 19.1 Å². The fourth-order valence-electron chi connectivity index (χ4n) is 1.65. The Morgan fingerprint density at radius 2 is 1.89 bits per heavy atom. The fraction of sp³-hybridized carbons (Fsp3) is 0.167. The fourth-order valence-corrected chi connectivity index (χ4v) is 1.65. The molecule has 4 nitrogen and oxygen atoms in total. The van der Waals surface area contributed by atoms with Crippen LogP contribution in [-0.2, 0) is 0 Å². The highest BCUT2D eigenvalue weighted by Crippen LogP contribution is 2.15. The van der Waals surface area contributed by atoms with Crippen LogP contribution in [0.4, 0.5) is 8.78 Å². The van der Waals surface area contributed by atoms with Crippen LogP contribution in [0.2, 0.25) is 0 Å². The van der Waals surface area contributed by atoms with Crippen LogP contribution in [0.25, 0.3) is 5.69 Å². The molecular weight excluding hydrogens is 240 g/mol. The second-order valence-corrected chi connectivity index (χ2v) is 3.75. The van der Waals surface area contributed by atoms with E-state index in [1.807, 2.05) is 0 Å². The second kappa shape index (κ2) is 4.56. The van der Waals surface area contributed by atoms with Gasteiger partial charge < -0.3 is 9.88 Å². The van der Waals surface area contributed by atoms with E-state index < -0.39 is 11.6 Å². The first-order valence-corrected chi connectivity index (χ1v) is 5.26. The number of nitrogens with one attached hydrogen (secondary N) is 1. The lowest BCUT2D eigenvalue weighted by molar-refractivity contribution is 0.0958. The third-order valence-electron chi connectivity index (χ3n) is 2.47. The summed E-state index contributed by atoms with van der Waals surface area (Å²) in [5, 5.41) is 2.43. The summed E-state index contributed by atoms with van der Waals surface area (Å²) in [5.41, 5.74) is 0.479. The van der Waals surface area contributed by atoms with Gasteiger partial charge >= 0.3 is 0 Å². The van der Waals surface area contributed by atoms with Crippen LogP contribution in [0.3, 0.4) is 0 Å². The molecule has 0 fully saturated rings. The van der Waals surface area contributed by atoms with E-state index in [1.165, 1.54) is 29.9 Å². The van der Waals surface area contributed by atoms with Gasteiger partial charge in [-0.2, -0.15) is 0 Å². The molecule has 6 heteroatoms. The minimum atomic E-state index is -0.681. The molecule has 0 unspecified atom stereocenters. The molecule has 2 rings (SSSR count). The zero-order chi connectivity index (χ0) is 13.3. The van der Waals surface area contributed by atoms with Crippen LogP contribution in [0.1, 0.15) is 16.3 Å². The number of carbonyl (C=O) groups is 1. The molecule has 94 valence electrons. The first kappa shape index (κ1) is 12.2. The van der Waals surface area contributed by atoms with Gasteiger partial charge in [0.05, 0.1) is 5.69 Å². The summed E-state index contributed by atoms with van der Waals surface area (Å²) in [5.74, 6) is -1.24. The van der Waals surface area contributed by atoms with E-state index in [-0.39, 0.29) is 17.3 Å². The van der Waals surface area contributed by atoms with Gasteiger partial charge in [0.15, 0.2) is 0 Å². The van der Waals surface area contributed by atoms with Gasteiger partial charge in [-0.25, -0.2) is 13.8 Å². The third-order valence-corrected chi connectivity index (χ3v) is 2.47. The van der Waals surface area contributed by atoms with E-state index in [9.17, 15) is 13.6 Å². The SMILES string of the molecule is CNC(=O)c1cn(-c2cc(F)cc(F)c2)c(C)n1. The van der Waals surface area contributed by atoms with Gasteiger partial charge in [0.2, 0.25) is 0 Å². The first-order chi connectivity index (χ1) is 8.51. The molecule has 1 heterocycles. The molecule has 1 amide bonds. The normalized spacial score (nSPS) is 10.4. The smallest absolute Gasteiger partial charge is 0.271 e. The highest BCUT2D eigenvalue weighted by molar-refractivity contribution is 5.92. The number of hydrogen-bond acceptors (Lipinski definition) is 2. The lowest BCUT2D eigenvalue weighted by Crippen LogP contribution is -2.18. The average molecular weight is 251 g/mol. The molecule has 1 N–H and O–H groups in total. The maximum absolute atomic E-state index is 13.1. The Balaban J connectivity index is 2.50.